The highest BCUT2D eigenvalue weighted by atomic mass is 16.3. The van der Waals surface area contributed by atoms with Gasteiger partial charge in [-0.15, -0.1) is 0 Å². The van der Waals surface area contributed by atoms with Gasteiger partial charge in [-0.05, 0) is 38.6 Å². The van der Waals surface area contributed by atoms with Gasteiger partial charge in [-0.3, -0.25) is 0 Å². The molecule has 2 atom stereocenters. The van der Waals surface area contributed by atoms with Crippen molar-refractivity contribution < 1.29 is 10.2 Å². The van der Waals surface area contributed by atoms with Crippen molar-refractivity contribution in [2.75, 3.05) is 20.3 Å². The minimum Gasteiger partial charge on any atom is -0.396 e. The Kier molecular flexibility index (Phi) is 3.10. The molecule has 0 saturated carbocycles. The van der Waals surface area contributed by atoms with Gasteiger partial charge in [-0.2, -0.15) is 0 Å². The summed E-state index contributed by atoms with van der Waals surface area (Å²) in [6.45, 7) is 0.286. The van der Waals surface area contributed by atoms with Gasteiger partial charge in [-0.25, -0.2) is 0 Å². The van der Waals surface area contributed by atoms with Crippen LogP contribution < -0.4 is 0 Å². The van der Waals surface area contributed by atoms with Crippen molar-refractivity contribution in [3.8, 4) is 0 Å². The molecule has 2 unspecified atom stereocenters. The van der Waals surface area contributed by atoms with Gasteiger partial charge in [0.05, 0.1) is 0 Å². The van der Waals surface area contributed by atoms with E-state index in [1.807, 2.05) is 0 Å². The lowest BCUT2D eigenvalue weighted by Crippen LogP contribution is -2.43. The third-order valence-electron chi connectivity index (χ3n) is 4.27. The predicted molar refractivity (Wildman–Crippen MR) is 55.0 cm³/mol. The van der Waals surface area contributed by atoms with Crippen LogP contribution in [0.15, 0.2) is 0 Å². The molecule has 82 valence electrons. The van der Waals surface area contributed by atoms with Crippen molar-refractivity contribution >= 4 is 0 Å². The molecule has 2 bridgehead atoms. The van der Waals surface area contributed by atoms with Crippen LogP contribution in [-0.4, -0.2) is 47.5 Å². The SMILES string of the molecule is CN1C2CCC1CC(C(CO)CO)C2. The largest absolute Gasteiger partial charge is 0.396 e. The van der Waals surface area contributed by atoms with Crippen LogP contribution in [0.2, 0.25) is 0 Å². The summed E-state index contributed by atoms with van der Waals surface area (Å²) in [6, 6.07) is 1.42. The summed E-state index contributed by atoms with van der Waals surface area (Å²) in [5, 5.41) is 18.3. The van der Waals surface area contributed by atoms with E-state index >= 15 is 0 Å². The number of aliphatic hydroxyl groups is 2. The zero-order valence-corrected chi connectivity index (χ0v) is 8.89. The number of nitrogens with zero attached hydrogens (tertiary/aromatic N) is 1. The Morgan fingerprint density at radius 1 is 1.14 bits per heavy atom. The molecule has 2 saturated heterocycles. The molecule has 0 amide bonds. The summed E-state index contributed by atoms with van der Waals surface area (Å²) in [4.78, 5) is 2.49. The molecular formula is C11H21NO2. The van der Waals surface area contributed by atoms with Crippen LogP contribution in [0.25, 0.3) is 0 Å². The molecule has 2 aliphatic rings. The number of aliphatic hydroxyl groups excluding tert-OH is 2. The molecule has 0 radical (unpaired) electrons. The van der Waals surface area contributed by atoms with E-state index in [1.54, 1.807) is 0 Å². The maximum atomic E-state index is 9.16. The van der Waals surface area contributed by atoms with E-state index in [2.05, 4.69) is 11.9 Å². The Bertz CT molecular complexity index is 180. The van der Waals surface area contributed by atoms with Gasteiger partial charge in [0, 0.05) is 31.2 Å². The summed E-state index contributed by atoms with van der Waals surface area (Å²) in [6.07, 6.45) is 4.94. The lowest BCUT2D eigenvalue weighted by molar-refractivity contribution is 0.0454. The maximum absolute atomic E-state index is 9.16. The molecular weight excluding hydrogens is 178 g/mol. The van der Waals surface area contributed by atoms with Gasteiger partial charge < -0.3 is 15.1 Å². The van der Waals surface area contributed by atoms with Gasteiger partial charge in [0.1, 0.15) is 0 Å². The minimum atomic E-state index is 0.117. The van der Waals surface area contributed by atoms with Crippen molar-refractivity contribution in [3.63, 3.8) is 0 Å². The average Bonchev–Trinajstić information content (AvgIpc) is 2.42. The number of hydrogen-bond donors (Lipinski definition) is 2. The number of rotatable bonds is 3. The molecule has 2 rings (SSSR count). The fourth-order valence-corrected chi connectivity index (χ4v) is 3.19. The van der Waals surface area contributed by atoms with Crippen molar-refractivity contribution in [2.45, 2.75) is 37.8 Å². The van der Waals surface area contributed by atoms with Gasteiger partial charge in [0.2, 0.25) is 0 Å². The molecule has 3 nitrogen and oxygen atoms in total. The van der Waals surface area contributed by atoms with E-state index in [9.17, 15) is 0 Å². The van der Waals surface area contributed by atoms with Crippen LogP contribution in [0, 0.1) is 11.8 Å². The third kappa shape index (κ3) is 1.69. The molecule has 2 heterocycles. The van der Waals surface area contributed by atoms with Crippen LogP contribution in [0.1, 0.15) is 25.7 Å². The van der Waals surface area contributed by atoms with E-state index in [-0.39, 0.29) is 19.1 Å². The molecule has 2 aliphatic heterocycles. The van der Waals surface area contributed by atoms with Crippen LogP contribution in [0.5, 0.6) is 0 Å². The summed E-state index contributed by atoms with van der Waals surface area (Å²) in [5.41, 5.74) is 0. The lowest BCUT2D eigenvalue weighted by atomic mass is 9.82. The third-order valence-corrected chi connectivity index (χ3v) is 4.27. The van der Waals surface area contributed by atoms with Crippen molar-refractivity contribution in [1.29, 1.82) is 0 Å². The monoisotopic (exact) mass is 199 g/mol. The summed E-state index contributed by atoms with van der Waals surface area (Å²) in [5.74, 6) is 0.658. The van der Waals surface area contributed by atoms with Crippen molar-refractivity contribution in [2.24, 2.45) is 11.8 Å². The molecule has 14 heavy (non-hydrogen) atoms. The van der Waals surface area contributed by atoms with Gasteiger partial charge >= 0.3 is 0 Å². The zero-order valence-electron chi connectivity index (χ0n) is 8.89. The van der Waals surface area contributed by atoms with Crippen LogP contribution in [0.4, 0.5) is 0 Å². The second-order valence-electron chi connectivity index (χ2n) is 4.91. The van der Waals surface area contributed by atoms with Gasteiger partial charge in [0.15, 0.2) is 0 Å². The molecule has 2 N–H and O–H groups in total. The first kappa shape index (κ1) is 10.4. The maximum Gasteiger partial charge on any atom is 0.0483 e. The molecule has 2 fully saturated rings. The van der Waals surface area contributed by atoms with Gasteiger partial charge in [0.25, 0.3) is 0 Å². The second kappa shape index (κ2) is 4.17. The van der Waals surface area contributed by atoms with E-state index in [4.69, 9.17) is 10.2 Å². The molecule has 3 heteroatoms. The van der Waals surface area contributed by atoms with E-state index in [0.717, 1.165) is 0 Å². The lowest BCUT2D eigenvalue weighted by Gasteiger charge is -2.38. The average molecular weight is 199 g/mol. The summed E-state index contributed by atoms with van der Waals surface area (Å²) < 4.78 is 0. The van der Waals surface area contributed by atoms with E-state index in [0.29, 0.717) is 18.0 Å². The van der Waals surface area contributed by atoms with Crippen LogP contribution >= 0.6 is 0 Å². The number of fused-ring (bicyclic) bond motifs is 2. The first-order valence-electron chi connectivity index (χ1n) is 5.70. The Labute approximate surface area is 85.7 Å². The standard InChI is InChI=1S/C11H21NO2/c1-12-10-2-3-11(12)5-8(4-10)9(6-13)7-14/h8-11,13-14H,2-7H2,1H3. The molecule has 0 aromatic heterocycles. The topological polar surface area (TPSA) is 43.7 Å². The highest BCUT2D eigenvalue weighted by Crippen LogP contribution is 2.40. The molecule has 0 aromatic carbocycles. The second-order valence-corrected chi connectivity index (χ2v) is 4.91. The fraction of sp³-hybridized carbons (Fsp3) is 1.00. The van der Waals surface area contributed by atoms with Gasteiger partial charge in [-0.1, -0.05) is 0 Å². The van der Waals surface area contributed by atoms with Crippen molar-refractivity contribution in [1.82, 2.24) is 4.90 Å². The number of piperidine rings is 1. The normalized spacial score (nSPS) is 38.1. The van der Waals surface area contributed by atoms with Crippen LogP contribution in [0.3, 0.4) is 0 Å². The number of hydrogen-bond acceptors (Lipinski definition) is 3. The first-order chi connectivity index (χ1) is 6.76. The highest BCUT2D eigenvalue weighted by molar-refractivity contribution is 4.94. The quantitative estimate of drug-likeness (QED) is 0.694. The van der Waals surface area contributed by atoms with Crippen molar-refractivity contribution in [3.05, 3.63) is 0 Å². The molecule has 0 aliphatic carbocycles. The smallest absolute Gasteiger partial charge is 0.0483 e. The summed E-state index contributed by atoms with van der Waals surface area (Å²) >= 11 is 0. The van der Waals surface area contributed by atoms with E-state index < -0.39 is 0 Å². The first-order valence-corrected chi connectivity index (χ1v) is 5.70. The van der Waals surface area contributed by atoms with Crippen LogP contribution in [-0.2, 0) is 0 Å². The predicted octanol–water partition coefficient (Wildman–Crippen LogP) is 0.460. The minimum absolute atomic E-state index is 0.117. The Balaban J connectivity index is 1.98. The highest BCUT2D eigenvalue weighted by Gasteiger charge is 2.40. The fourth-order valence-electron chi connectivity index (χ4n) is 3.19. The van der Waals surface area contributed by atoms with E-state index in [1.165, 1.54) is 25.7 Å². The Morgan fingerprint density at radius 2 is 1.64 bits per heavy atom. The zero-order chi connectivity index (χ0) is 10.1. The Hall–Kier alpha value is -0.120. The summed E-state index contributed by atoms with van der Waals surface area (Å²) in [7, 11) is 2.21. The molecule has 0 aromatic rings. The molecule has 0 spiro atoms. The Morgan fingerprint density at radius 3 is 2.07 bits per heavy atom.